The van der Waals surface area contributed by atoms with Crippen LogP contribution in [0.2, 0.25) is 0 Å². The van der Waals surface area contributed by atoms with E-state index in [4.69, 9.17) is 16.2 Å². The first-order chi connectivity index (χ1) is 12.7. The number of aliphatic imine (C=N–C) groups is 1. The fourth-order valence-electron chi connectivity index (χ4n) is 3.29. The van der Waals surface area contributed by atoms with Crippen LogP contribution in [-0.4, -0.2) is 28.2 Å². The quantitative estimate of drug-likeness (QED) is 0.654. The topological polar surface area (TPSA) is 103 Å². The predicted octanol–water partition coefficient (Wildman–Crippen LogP) is 3.74. The van der Waals surface area contributed by atoms with Crippen molar-refractivity contribution >= 4 is 28.7 Å². The van der Waals surface area contributed by atoms with Crippen molar-refractivity contribution in [3.05, 3.63) is 29.3 Å². The van der Waals surface area contributed by atoms with Gasteiger partial charge in [-0.25, -0.2) is 13.6 Å². The summed E-state index contributed by atoms with van der Waals surface area (Å²) in [6.07, 6.45) is -0.564. The summed E-state index contributed by atoms with van der Waals surface area (Å²) in [5, 5.41) is 2.96. The summed E-state index contributed by atoms with van der Waals surface area (Å²) >= 11 is 1.28. The van der Waals surface area contributed by atoms with Crippen LogP contribution < -0.4 is 16.8 Å². The highest BCUT2D eigenvalue weighted by molar-refractivity contribution is 8.15. The van der Waals surface area contributed by atoms with Crippen LogP contribution in [0.3, 0.4) is 0 Å². The number of thioether (sulfide) groups is 1. The zero-order valence-corrected chi connectivity index (χ0v) is 17.8. The Labute approximate surface area is 168 Å². The number of carbonyl (C=O) groups excluding carboxylic acids is 1. The molecule has 0 aliphatic carbocycles. The first-order valence-electron chi connectivity index (χ1n) is 8.94. The fraction of sp³-hybridized carbons (Fsp3) is 0.579. The number of nitrogens with zero attached hydrogens (tertiary/aromatic N) is 1. The van der Waals surface area contributed by atoms with Gasteiger partial charge in [-0.3, -0.25) is 4.99 Å². The van der Waals surface area contributed by atoms with Gasteiger partial charge < -0.3 is 21.5 Å². The van der Waals surface area contributed by atoms with E-state index in [0.717, 1.165) is 6.07 Å². The van der Waals surface area contributed by atoms with E-state index in [1.165, 1.54) is 17.8 Å². The minimum atomic E-state index is -1.17. The molecule has 0 unspecified atom stereocenters. The van der Waals surface area contributed by atoms with Crippen LogP contribution in [-0.2, 0) is 10.3 Å². The van der Waals surface area contributed by atoms with Crippen LogP contribution in [0.25, 0.3) is 0 Å². The molecule has 28 heavy (non-hydrogen) atoms. The molecule has 2 rings (SSSR count). The molecule has 0 radical (unpaired) electrons. The number of hydrogen-bond acceptors (Lipinski definition) is 6. The van der Waals surface area contributed by atoms with Gasteiger partial charge in [-0.2, -0.15) is 0 Å². The van der Waals surface area contributed by atoms with E-state index in [9.17, 15) is 13.6 Å². The maximum Gasteiger partial charge on any atom is 0.407 e. The Kier molecular flexibility index (Phi) is 5.90. The lowest BCUT2D eigenvalue weighted by Gasteiger charge is -2.47. The molecule has 1 aliphatic rings. The van der Waals surface area contributed by atoms with Crippen molar-refractivity contribution < 1.29 is 18.3 Å². The van der Waals surface area contributed by atoms with Crippen molar-refractivity contribution in [2.24, 2.45) is 16.6 Å². The second-order valence-electron chi connectivity index (χ2n) is 8.45. The number of nitrogens with two attached hydrogens (primary N) is 2. The first-order valence-corrected chi connectivity index (χ1v) is 9.76. The lowest BCUT2D eigenvalue weighted by molar-refractivity contribution is 0.0515. The van der Waals surface area contributed by atoms with Gasteiger partial charge in [0.2, 0.25) is 0 Å². The highest BCUT2D eigenvalue weighted by atomic mass is 32.2. The first kappa shape index (κ1) is 22.3. The summed E-state index contributed by atoms with van der Waals surface area (Å²) in [6, 6.07) is 2.31. The molecule has 9 heteroatoms. The molecule has 5 N–H and O–H groups in total. The lowest BCUT2D eigenvalue weighted by Crippen LogP contribution is -2.54. The fourth-order valence-corrected chi connectivity index (χ4v) is 4.56. The molecule has 1 amide bonds. The number of ether oxygens (including phenoxy) is 1. The number of rotatable bonds is 3. The molecule has 1 aromatic rings. The third-order valence-corrected chi connectivity index (χ3v) is 6.28. The van der Waals surface area contributed by atoms with Crippen LogP contribution in [0.4, 0.5) is 19.3 Å². The molecule has 0 saturated heterocycles. The average molecular weight is 415 g/mol. The van der Waals surface area contributed by atoms with E-state index >= 15 is 0 Å². The number of amides is 1. The Balaban J connectivity index is 2.37. The predicted molar refractivity (Wildman–Crippen MR) is 109 cm³/mol. The number of hydrogen-bond donors (Lipinski definition) is 3. The molecule has 1 heterocycles. The lowest BCUT2D eigenvalue weighted by atomic mass is 9.73. The molecule has 0 spiro atoms. The molecule has 1 aromatic carbocycles. The number of halogens is 2. The second-order valence-corrected chi connectivity index (χ2v) is 10.0. The number of anilines is 1. The van der Waals surface area contributed by atoms with Gasteiger partial charge in [0.25, 0.3) is 0 Å². The molecule has 1 aliphatic heterocycles. The smallest absolute Gasteiger partial charge is 0.407 e. The Morgan fingerprint density at radius 1 is 1.32 bits per heavy atom. The third-order valence-electron chi connectivity index (χ3n) is 5.02. The number of carbonyl (C=O) groups is 1. The molecule has 156 valence electrons. The Bertz CT molecular complexity index is 812. The molecule has 0 aromatic heterocycles. The van der Waals surface area contributed by atoms with Gasteiger partial charge in [-0.05, 0) is 46.8 Å². The summed E-state index contributed by atoms with van der Waals surface area (Å²) in [6.45, 7) is 10.9. The second kappa shape index (κ2) is 7.42. The number of alkyl carbamates (subject to hydrolysis) is 1. The SMILES string of the molecule is C[C@@H]1[C@@](C)(CNC(=O)OC(C)(C)C)SC(N)=N[C@]1(C)c1cc(N)cc(F)c1F. The zero-order valence-electron chi connectivity index (χ0n) is 17.0. The summed E-state index contributed by atoms with van der Waals surface area (Å²) < 4.78 is 33.2. The number of benzene rings is 1. The summed E-state index contributed by atoms with van der Waals surface area (Å²) in [5.74, 6) is -2.37. The van der Waals surface area contributed by atoms with Crippen molar-refractivity contribution in [3.8, 4) is 0 Å². The Morgan fingerprint density at radius 3 is 2.50 bits per heavy atom. The average Bonchev–Trinajstić information content (AvgIpc) is 2.52. The zero-order chi connectivity index (χ0) is 21.5. The van der Waals surface area contributed by atoms with E-state index in [1.54, 1.807) is 27.7 Å². The number of nitrogens with one attached hydrogen (secondary N) is 1. The Hall–Kier alpha value is -2.03. The normalized spacial score (nSPS) is 27.9. The third kappa shape index (κ3) is 4.51. The van der Waals surface area contributed by atoms with E-state index in [0.29, 0.717) is 0 Å². The van der Waals surface area contributed by atoms with E-state index < -0.39 is 33.6 Å². The highest BCUT2D eigenvalue weighted by Gasteiger charge is 2.50. The summed E-state index contributed by atoms with van der Waals surface area (Å²) in [7, 11) is 0. The van der Waals surface area contributed by atoms with Crippen molar-refractivity contribution in [2.75, 3.05) is 12.3 Å². The van der Waals surface area contributed by atoms with Gasteiger partial charge in [0, 0.05) is 28.5 Å². The van der Waals surface area contributed by atoms with Gasteiger partial charge in [0.1, 0.15) is 5.60 Å². The molecular weight excluding hydrogens is 386 g/mol. The molecule has 0 bridgehead atoms. The van der Waals surface area contributed by atoms with Gasteiger partial charge >= 0.3 is 6.09 Å². The van der Waals surface area contributed by atoms with Crippen LogP contribution in [0, 0.1) is 17.6 Å². The summed E-state index contributed by atoms with van der Waals surface area (Å²) in [4.78, 5) is 16.5. The maximum absolute atomic E-state index is 14.6. The Morgan fingerprint density at radius 2 is 1.93 bits per heavy atom. The van der Waals surface area contributed by atoms with Crippen LogP contribution >= 0.6 is 11.8 Å². The van der Waals surface area contributed by atoms with Crippen molar-refractivity contribution in [3.63, 3.8) is 0 Å². The monoisotopic (exact) mass is 414 g/mol. The van der Waals surface area contributed by atoms with Crippen LogP contribution in [0.15, 0.2) is 17.1 Å². The van der Waals surface area contributed by atoms with Crippen LogP contribution in [0.1, 0.15) is 47.1 Å². The molecule has 6 nitrogen and oxygen atoms in total. The molecular formula is C19H28F2N4O2S. The maximum atomic E-state index is 14.6. The minimum absolute atomic E-state index is 0.0317. The van der Waals surface area contributed by atoms with Gasteiger partial charge in [-0.1, -0.05) is 18.7 Å². The standard InChI is InChI=1S/C19H28F2N4O2S/c1-10-18(5,9-24-16(26)27-17(2,3)4)28-15(23)25-19(10,6)12-7-11(22)8-13(20)14(12)21/h7-8,10H,9,22H2,1-6H3,(H2,23,25)(H,24,26)/t10-,18-,19+/m1/s1. The number of amidine groups is 1. The summed E-state index contributed by atoms with van der Waals surface area (Å²) in [5.41, 5.74) is 10.1. The highest BCUT2D eigenvalue weighted by Crippen LogP contribution is 2.50. The molecule has 0 fully saturated rings. The largest absolute Gasteiger partial charge is 0.444 e. The number of nitrogen functional groups attached to an aromatic ring is 1. The minimum Gasteiger partial charge on any atom is -0.444 e. The molecule has 3 atom stereocenters. The van der Waals surface area contributed by atoms with Crippen molar-refractivity contribution in [1.82, 2.24) is 5.32 Å². The van der Waals surface area contributed by atoms with Crippen LogP contribution in [0.5, 0.6) is 0 Å². The van der Waals surface area contributed by atoms with Crippen molar-refractivity contribution in [1.29, 1.82) is 0 Å². The van der Waals surface area contributed by atoms with E-state index in [1.807, 2.05) is 13.8 Å². The van der Waals surface area contributed by atoms with Gasteiger partial charge in [0.15, 0.2) is 16.8 Å². The molecule has 0 saturated carbocycles. The van der Waals surface area contributed by atoms with Gasteiger partial charge in [-0.15, -0.1) is 0 Å². The van der Waals surface area contributed by atoms with E-state index in [-0.39, 0.29) is 28.9 Å². The van der Waals surface area contributed by atoms with Crippen molar-refractivity contribution in [2.45, 2.75) is 57.4 Å². The van der Waals surface area contributed by atoms with Gasteiger partial charge in [0.05, 0.1) is 5.54 Å². The van der Waals surface area contributed by atoms with E-state index in [2.05, 4.69) is 10.3 Å².